The van der Waals surface area contributed by atoms with E-state index in [1.54, 1.807) is 0 Å². The van der Waals surface area contributed by atoms with E-state index in [-0.39, 0.29) is 23.7 Å². The lowest BCUT2D eigenvalue weighted by Crippen LogP contribution is -2.52. The molecule has 1 aliphatic carbocycles. The van der Waals surface area contributed by atoms with Gasteiger partial charge in [0, 0.05) is 17.7 Å². The second-order valence-corrected chi connectivity index (χ2v) is 8.80. The van der Waals surface area contributed by atoms with E-state index in [0.29, 0.717) is 6.54 Å². The summed E-state index contributed by atoms with van der Waals surface area (Å²) in [6.07, 6.45) is 7.64. The highest BCUT2D eigenvalue weighted by Gasteiger charge is 2.35. The molecule has 5 rings (SSSR count). The molecule has 2 atom stereocenters. The fourth-order valence-corrected chi connectivity index (χ4v) is 5.28. The van der Waals surface area contributed by atoms with E-state index in [2.05, 4.69) is 54.3 Å². The molecule has 2 aliphatic heterocycles. The quantitative estimate of drug-likeness (QED) is 0.810. The number of carbonyl (C=O) groups excluding carboxylic acids is 1. The summed E-state index contributed by atoms with van der Waals surface area (Å²) in [5.74, 6) is 0.861. The van der Waals surface area contributed by atoms with Gasteiger partial charge in [-0.3, -0.25) is 4.79 Å². The highest BCUT2D eigenvalue weighted by atomic mass is 16.5. The van der Waals surface area contributed by atoms with Crippen molar-refractivity contribution in [2.24, 2.45) is 0 Å². The van der Waals surface area contributed by atoms with Gasteiger partial charge in [-0.15, -0.1) is 0 Å². The van der Waals surface area contributed by atoms with Crippen molar-refractivity contribution in [3.05, 3.63) is 76.4 Å². The molecule has 0 aromatic heterocycles. The molecule has 1 fully saturated rings. The Hall–Kier alpha value is -3.01. The highest BCUT2D eigenvalue weighted by Crippen LogP contribution is 2.35. The Kier molecular flexibility index (Phi) is 5.31. The summed E-state index contributed by atoms with van der Waals surface area (Å²) < 4.78 is 6.40. The van der Waals surface area contributed by atoms with Crippen LogP contribution in [0.2, 0.25) is 0 Å². The van der Waals surface area contributed by atoms with Crippen molar-refractivity contribution in [1.29, 1.82) is 0 Å². The van der Waals surface area contributed by atoms with Crippen LogP contribution in [0.5, 0.6) is 5.75 Å². The third-order valence-corrected chi connectivity index (χ3v) is 6.76. The predicted molar refractivity (Wildman–Crippen MR) is 122 cm³/mol. The van der Waals surface area contributed by atoms with Crippen molar-refractivity contribution in [2.45, 2.75) is 57.6 Å². The standard InChI is InChI=1S/C27H29NO3/c1-2-20(14-18-8-4-3-5-9-18)31-21-12-13-22-23-10-6-7-11-25(23)28-17-19(29)15-26(30)27(28)24(22)16-21/h3-5,8-9,12-13,15-16,20,25,30H,2,6-7,10-11,14,17H2,1H3/t20?,25-/m0/s1. The van der Waals surface area contributed by atoms with Gasteiger partial charge in [-0.25, -0.2) is 0 Å². The maximum absolute atomic E-state index is 12.2. The Morgan fingerprint density at radius 1 is 1.13 bits per heavy atom. The molecule has 4 nitrogen and oxygen atoms in total. The summed E-state index contributed by atoms with van der Waals surface area (Å²) in [7, 11) is 0. The minimum Gasteiger partial charge on any atom is -0.506 e. The molecule has 31 heavy (non-hydrogen) atoms. The average Bonchev–Trinajstić information content (AvgIpc) is 2.79. The van der Waals surface area contributed by atoms with Gasteiger partial charge in [0.25, 0.3) is 0 Å². The van der Waals surface area contributed by atoms with Gasteiger partial charge >= 0.3 is 0 Å². The van der Waals surface area contributed by atoms with Crippen LogP contribution in [0, 0.1) is 0 Å². The molecule has 4 heteroatoms. The number of aliphatic hydroxyl groups excluding tert-OH is 1. The molecule has 0 saturated heterocycles. The second kappa shape index (κ2) is 8.26. The first-order valence-electron chi connectivity index (χ1n) is 11.4. The van der Waals surface area contributed by atoms with Crippen LogP contribution in [-0.2, 0) is 11.2 Å². The number of aliphatic hydroxyl groups is 1. The van der Waals surface area contributed by atoms with Crippen molar-refractivity contribution in [1.82, 2.24) is 4.90 Å². The third-order valence-electron chi connectivity index (χ3n) is 6.76. The van der Waals surface area contributed by atoms with Crippen LogP contribution in [0.4, 0.5) is 0 Å². The molecule has 1 saturated carbocycles. The normalized spacial score (nSPS) is 21.1. The molecule has 0 bridgehead atoms. The zero-order valence-electron chi connectivity index (χ0n) is 18.0. The Labute approximate surface area is 183 Å². The van der Waals surface area contributed by atoms with Crippen LogP contribution in [0.1, 0.15) is 44.6 Å². The maximum atomic E-state index is 12.2. The Morgan fingerprint density at radius 3 is 2.77 bits per heavy atom. The smallest absolute Gasteiger partial charge is 0.178 e. The molecule has 0 spiro atoms. The fourth-order valence-electron chi connectivity index (χ4n) is 5.28. The van der Waals surface area contributed by atoms with E-state index >= 15 is 0 Å². The van der Waals surface area contributed by atoms with Gasteiger partial charge in [-0.1, -0.05) is 49.7 Å². The topological polar surface area (TPSA) is 49.8 Å². The van der Waals surface area contributed by atoms with Gasteiger partial charge in [0.05, 0.1) is 18.3 Å². The van der Waals surface area contributed by atoms with E-state index in [0.717, 1.165) is 48.8 Å². The predicted octanol–water partition coefficient (Wildman–Crippen LogP) is 3.63. The van der Waals surface area contributed by atoms with Crippen LogP contribution < -0.4 is 15.2 Å². The number of ketones is 1. The lowest BCUT2D eigenvalue weighted by molar-refractivity contribution is -0.115. The molecular weight excluding hydrogens is 386 g/mol. The molecule has 0 amide bonds. The maximum Gasteiger partial charge on any atom is 0.178 e. The van der Waals surface area contributed by atoms with Crippen molar-refractivity contribution < 1.29 is 14.6 Å². The number of ether oxygens (including phenoxy) is 1. The summed E-state index contributed by atoms with van der Waals surface area (Å²) in [6, 6.07) is 16.9. The number of rotatable bonds is 5. The number of hydrogen-bond donors (Lipinski definition) is 1. The van der Waals surface area contributed by atoms with Gasteiger partial charge < -0.3 is 14.7 Å². The molecule has 2 aromatic carbocycles. The number of hydrogen-bond acceptors (Lipinski definition) is 4. The molecule has 1 N–H and O–H groups in total. The Morgan fingerprint density at radius 2 is 1.97 bits per heavy atom. The minimum atomic E-state index is -0.0315. The molecule has 160 valence electrons. The third kappa shape index (κ3) is 3.76. The summed E-state index contributed by atoms with van der Waals surface area (Å²) in [5, 5.41) is 12.9. The number of carbonyl (C=O) groups is 1. The van der Waals surface area contributed by atoms with Gasteiger partial charge in [0.2, 0.25) is 0 Å². The zero-order chi connectivity index (χ0) is 21.4. The molecular formula is C27H29NO3. The van der Waals surface area contributed by atoms with Crippen LogP contribution in [0.25, 0.3) is 11.3 Å². The largest absolute Gasteiger partial charge is 0.506 e. The van der Waals surface area contributed by atoms with Gasteiger partial charge in [0.1, 0.15) is 17.6 Å². The van der Waals surface area contributed by atoms with Crippen LogP contribution >= 0.6 is 0 Å². The molecule has 1 unspecified atom stereocenters. The van der Waals surface area contributed by atoms with Crippen molar-refractivity contribution in [2.75, 3.05) is 6.54 Å². The minimum absolute atomic E-state index is 0.0315. The SMILES string of the molecule is CCC(Cc1ccccc1)Oc1ccc2c(c1)=C1C(O)=CC(=O)CN1[C@H]1CCCCC=21. The first-order chi connectivity index (χ1) is 15.1. The lowest BCUT2D eigenvalue weighted by Gasteiger charge is -2.42. The van der Waals surface area contributed by atoms with Crippen molar-refractivity contribution in [3.63, 3.8) is 0 Å². The van der Waals surface area contributed by atoms with Crippen molar-refractivity contribution >= 4 is 17.1 Å². The summed E-state index contributed by atoms with van der Waals surface area (Å²) >= 11 is 0. The fraction of sp³-hybridized carbons (Fsp3) is 0.370. The first kappa shape index (κ1) is 19.9. The molecule has 2 aromatic rings. The van der Waals surface area contributed by atoms with E-state index in [1.165, 1.54) is 28.9 Å². The summed E-state index contributed by atoms with van der Waals surface area (Å²) in [4.78, 5) is 14.3. The number of fused-ring (bicyclic) bond motifs is 4. The molecule has 2 heterocycles. The van der Waals surface area contributed by atoms with E-state index in [1.807, 2.05) is 6.07 Å². The van der Waals surface area contributed by atoms with Gasteiger partial charge in [-0.05, 0) is 54.2 Å². The lowest BCUT2D eigenvalue weighted by atomic mass is 9.83. The van der Waals surface area contributed by atoms with Gasteiger partial charge in [0.15, 0.2) is 5.78 Å². The average molecular weight is 416 g/mol. The van der Waals surface area contributed by atoms with E-state index in [4.69, 9.17) is 4.74 Å². The van der Waals surface area contributed by atoms with Crippen molar-refractivity contribution in [3.8, 4) is 5.75 Å². The monoisotopic (exact) mass is 415 g/mol. The second-order valence-electron chi connectivity index (χ2n) is 8.80. The van der Waals surface area contributed by atoms with E-state index in [9.17, 15) is 9.90 Å². The summed E-state index contributed by atoms with van der Waals surface area (Å²) in [5.41, 5.74) is 3.45. The Balaban J connectivity index is 1.57. The first-order valence-corrected chi connectivity index (χ1v) is 11.4. The zero-order valence-corrected chi connectivity index (χ0v) is 18.0. The van der Waals surface area contributed by atoms with Crippen LogP contribution in [-0.4, -0.2) is 34.5 Å². The summed E-state index contributed by atoms with van der Waals surface area (Å²) in [6.45, 7) is 2.48. The molecule has 0 radical (unpaired) electrons. The number of benzene rings is 2. The van der Waals surface area contributed by atoms with Gasteiger partial charge in [-0.2, -0.15) is 0 Å². The van der Waals surface area contributed by atoms with Crippen LogP contribution in [0.3, 0.4) is 0 Å². The molecule has 3 aliphatic rings. The van der Waals surface area contributed by atoms with E-state index < -0.39 is 0 Å². The Bertz CT molecular complexity index is 1150. The number of nitrogens with zero attached hydrogens (tertiary/aromatic N) is 1. The highest BCUT2D eigenvalue weighted by molar-refractivity contribution is 5.97. The van der Waals surface area contributed by atoms with Crippen LogP contribution in [0.15, 0.2) is 60.4 Å².